The fourth-order valence-corrected chi connectivity index (χ4v) is 2.28. The molecule has 4 heteroatoms. The molecule has 0 amide bonds. The summed E-state index contributed by atoms with van der Waals surface area (Å²) in [5, 5.41) is 1.96. The van der Waals surface area contributed by atoms with Crippen molar-refractivity contribution < 1.29 is 0 Å². The summed E-state index contributed by atoms with van der Waals surface area (Å²) in [6, 6.07) is 12.8. The van der Waals surface area contributed by atoms with E-state index in [2.05, 4.69) is 6.07 Å². The van der Waals surface area contributed by atoms with Gasteiger partial charge in [0.1, 0.15) is 9.67 Å². The number of alkyl halides is 4. The van der Waals surface area contributed by atoms with Gasteiger partial charge in [-0.25, -0.2) is 0 Å². The molecule has 0 aliphatic rings. The number of hydrogen-bond acceptors (Lipinski definition) is 0. The molecular weight excluding hydrogens is 286 g/mol. The third-order valence-corrected chi connectivity index (χ3v) is 3.21. The lowest BCUT2D eigenvalue weighted by Gasteiger charge is -2.12. The van der Waals surface area contributed by atoms with Gasteiger partial charge in [-0.15, -0.1) is 46.4 Å². The lowest BCUT2D eigenvalue weighted by atomic mass is 10.0. The van der Waals surface area contributed by atoms with Gasteiger partial charge in [-0.3, -0.25) is 0 Å². The molecule has 2 aromatic rings. The lowest BCUT2D eigenvalue weighted by Crippen LogP contribution is -1.93. The summed E-state index contributed by atoms with van der Waals surface area (Å²) in [7, 11) is 0. The first-order chi connectivity index (χ1) is 7.59. The molecule has 83 valence electrons. The van der Waals surface area contributed by atoms with Crippen LogP contribution in [-0.2, 0) is 0 Å². The van der Waals surface area contributed by atoms with Gasteiger partial charge in [0.15, 0.2) is 0 Å². The molecule has 0 atom stereocenters. The van der Waals surface area contributed by atoms with E-state index in [1.54, 1.807) is 0 Å². The van der Waals surface area contributed by atoms with Crippen LogP contribution in [-0.4, -0.2) is 0 Å². The fraction of sp³-hybridized carbons (Fsp3) is 0.167. The van der Waals surface area contributed by atoms with Gasteiger partial charge in [0.25, 0.3) is 0 Å². The molecule has 16 heavy (non-hydrogen) atoms. The quantitative estimate of drug-likeness (QED) is 0.633. The van der Waals surface area contributed by atoms with Crippen LogP contribution in [0, 0.1) is 6.07 Å². The molecule has 2 rings (SSSR count). The Balaban J connectivity index is 2.71. The Morgan fingerprint density at radius 1 is 0.938 bits per heavy atom. The van der Waals surface area contributed by atoms with Gasteiger partial charge >= 0.3 is 0 Å². The van der Waals surface area contributed by atoms with Crippen LogP contribution in [0.15, 0.2) is 30.3 Å². The Morgan fingerprint density at radius 2 is 1.62 bits per heavy atom. The Morgan fingerprint density at radius 3 is 2.25 bits per heavy atom. The summed E-state index contributed by atoms with van der Waals surface area (Å²) in [6.07, 6.45) is 0. The largest absolute Gasteiger partial charge is 0.133 e. The van der Waals surface area contributed by atoms with Crippen LogP contribution in [0.25, 0.3) is 10.8 Å². The maximum absolute atomic E-state index is 5.88. The van der Waals surface area contributed by atoms with E-state index in [-0.39, 0.29) is 0 Å². The number of fused-ring (bicyclic) bond motifs is 1. The number of rotatable bonds is 2. The molecule has 0 aromatic heterocycles. The van der Waals surface area contributed by atoms with Crippen molar-refractivity contribution in [1.29, 1.82) is 0 Å². The summed E-state index contributed by atoms with van der Waals surface area (Å²) in [5.74, 6) is 0. The minimum Gasteiger partial charge on any atom is -0.100 e. The van der Waals surface area contributed by atoms with E-state index in [4.69, 9.17) is 46.4 Å². The third-order valence-electron chi connectivity index (χ3n) is 2.31. The summed E-state index contributed by atoms with van der Waals surface area (Å²) in [5.41, 5.74) is 1.34. The van der Waals surface area contributed by atoms with Gasteiger partial charge in [0.05, 0.1) is 0 Å². The third kappa shape index (κ3) is 2.41. The second-order valence-electron chi connectivity index (χ2n) is 3.33. The second-order valence-corrected chi connectivity index (χ2v) is 5.52. The monoisotopic (exact) mass is 291 g/mol. The van der Waals surface area contributed by atoms with Crippen LogP contribution < -0.4 is 0 Å². The predicted octanol–water partition coefficient (Wildman–Crippen LogP) is 5.59. The first kappa shape index (κ1) is 12.3. The van der Waals surface area contributed by atoms with Crippen LogP contribution in [0.2, 0.25) is 0 Å². The molecule has 0 fully saturated rings. The van der Waals surface area contributed by atoms with Crippen molar-refractivity contribution in [2.45, 2.75) is 9.67 Å². The van der Waals surface area contributed by atoms with Gasteiger partial charge < -0.3 is 0 Å². The molecule has 0 nitrogen and oxygen atoms in total. The topological polar surface area (TPSA) is 0 Å². The summed E-state index contributed by atoms with van der Waals surface area (Å²) >= 11 is 23.5. The summed E-state index contributed by atoms with van der Waals surface area (Å²) in [4.78, 5) is -1.34. The molecule has 0 aliphatic heterocycles. The SMILES string of the molecule is ClC(Cl)c1[c]c2ccccc2cc1C(Cl)Cl. The standard InChI is InChI=1S/C12H7Cl4/c13-11(14)9-5-7-3-1-2-4-8(7)6-10(9)12(15)16/h1-5,11-12H. The Hall–Kier alpha value is -0.140. The second kappa shape index (κ2) is 5.01. The molecule has 0 bridgehead atoms. The van der Waals surface area contributed by atoms with Gasteiger partial charge in [0, 0.05) is 0 Å². The highest BCUT2D eigenvalue weighted by molar-refractivity contribution is 6.46. The van der Waals surface area contributed by atoms with Gasteiger partial charge in [-0.1, -0.05) is 24.3 Å². The van der Waals surface area contributed by atoms with Gasteiger partial charge in [0.2, 0.25) is 0 Å². The van der Waals surface area contributed by atoms with E-state index < -0.39 is 9.67 Å². The zero-order chi connectivity index (χ0) is 11.7. The maximum atomic E-state index is 5.88. The molecule has 0 N–H and O–H groups in total. The Kier molecular flexibility index (Phi) is 3.86. The van der Waals surface area contributed by atoms with Crippen LogP contribution in [0.4, 0.5) is 0 Å². The predicted molar refractivity (Wildman–Crippen MR) is 71.7 cm³/mol. The van der Waals surface area contributed by atoms with Crippen molar-refractivity contribution in [3.05, 3.63) is 47.5 Å². The summed E-state index contributed by atoms with van der Waals surface area (Å²) < 4.78 is 0. The van der Waals surface area contributed by atoms with Crippen molar-refractivity contribution in [1.82, 2.24) is 0 Å². The van der Waals surface area contributed by atoms with Crippen LogP contribution in [0.5, 0.6) is 0 Å². The normalized spacial score (nSPS) is 11.6. The first-order valence-corrected chi connectivity index (χ1v) is 6.35. The van der Waals surface area contributed by atoms with E-state index in [1.807, 2.05) is 30.3 Å². The Bertz CT molecular complexity index is 459. The molecular formula is C12H7Cl4. The van der Waals surface area contributed by atoms with Crippen LogP contribution in [0.3, 0.4) is 0 Å². The average molecular weight is 293 g/mol. The van der Waals surface area contributed by atoms with E-state index in [0.29, 0.717) is 11.1 Å². The van der Waals surface area contributed by atoms with Crippen molar-refractivity contribution in [3.63, 3.8) is 0 Å². The highest BCUT2D eigenvalue weighted by atomic mass is 35.5. The molecule has 0 heterocycles. The number of halogens is 4. The van der Waals surface area contributed by atoms with E-state index >= 15 is 0 Å². The minimum atomic E-state index is -0.681. The van der Waals surface area contributed by atoms with Crippen molar-refractivity contribution in [2.75, 3.05) is 0 Å². The minimum absolute atomic E-state index is 0.636. The van der Waals surface area contributed by atoms with Gasteiger partial charge in [-0.2, -0.15) is 0 Å². The summed E-state index contributed by atoms with van der Waals surface area (Å²) in [6.45, 7) is 0. The van der Waals surface area contributed by atoms with Crippen LogP contribution >= 0.6 is 46.4 Å². The van der Waals surface area contributed by atoms with Crippen molar-refractivity contribution in [2.24, 2.45) is 0 Å². The molecule has 0 saturated carbocycles. The number of benzene rings is 2. The van der Waals surface area contributed by atoms with Crippen molar-refractivity contribution >= 4 is 57.2 Å². The van der Waals surface area contributed by atoms with Gasteiger partial charge in [-0.05, 0) is 34.0 Å². The smallest absolute Gasteiger partial charge is 0.100 e. The van der Waals surface area contributed by atoms with E-state index in [0.717, 1.165) is 10.8 Å². The van der Waals surface area contributed by atoms with E-state index in [1.165, 1.54) is 0 Å². The van der Waals surface area contributed by atoms with E-state index in [9.17, 15) is 0 Å². The average Bonchev–Trinajstić information content (AvgIpc) is 2.27. The molecule has 0 spiro atoms. The highest BCUT2D eigenvalue weighted by Crippen LogP contribution is 2.37. The zero-order valence-corrected chi connectivity index (χ0v) is 11.1. The van der Waals surface area contributed by atoms with Crippen molar-refractivity contribution in [3.8, 4) is 0 Å². The highest BCUT2D eigenvalue weighted by Gasteiger charge is 2.16. The molecule has 0 saturated heterocycles. The molecule has 0 unspecified atom stereocenters. The lowest BCUT2D eigenvalue weighted by molar-refractivity contribution is 1.23. The fourth-order valence-electron chi connectivity index (χ4n) is 1.56. The maximum Gasteiger partial charge on any atom is 0.133 e. The van der Waals surface area contributed by atoms with Crippen LogP contribution in [0.1, 0.15) is 20.8 Å². The molecule has 1 radical (unpaired) electrons. The first-order valence-electron chi connectivity index (χ1n) is 4.60. The number of hydrogen-bond donors (Lipinski definition) is 0. The zero-order valence-electron chi connectivity index (χ0n) is 8.05. The molecule has 2 aromatic carbocycles. The molecule has 0 aliphatic carbocycles. The Labute approximate surface area is 114 Å².